The molecule has 1 atom stereocenters. The van der Waals surface area contributed by atoms with Crippen molar-refractivity contribution in [3.05, 3.63) is 65.7 Å². The Kier molecular flexibility index (Phi) is 6.82. The Balaban J connectivity index is 1.62. The first-order valence-electron chi connectivity index (χ1n) is 9.70. The first-order valence-corrected chi connectivity index (χ1v) is 11.1. The molecule has 1 heterocycles. The van der Waals surface area contributed by atoms with Crippen LogP contribution in [-0.4, -0.2) is 37.8 Å². The number of carbonyl (C=O) groups is 1. The number of carbonyl (C=O) groups excluding carboxylic acids is 1. The molecule has 1 fully saturated rings. The lowest BCUT2D eigenvalue weighted by atomic mass is 10.0. The SMILES string of the molecule is O=C(NCCc1ccc(C(F)(F)F)cc1)C1CCCCN1S(=O)(=O)c1ccccc1. The number of piperidine rings is 1. The van der Waals surface area contributed by atoms with Gasteiger partial charge < -0.3 is 5.32 Å². The lowest BCUT2D eigenvalue weighted by Crippen LogP contribution is -2.52. The maximum absolute atomic E-state index is 13.0. The molecule has 1 N–H and O–H groups in total. The molecule has 162 valence electrons. The monoisotopic (exact) mass is 440 g/mol. The van der Waals surface area contributed by atoms with Gasteiger partial charge in [-0.05, 0) is 49.1 Å². The minimum absolute atomic E-state index is 0.148. The third-order valence-corrected chi connectivity index (χ3v) is 7.02. The Morgan fingerprint density at radius 3 is 2.33 bits per heavy atom. The quantitative estimate of drug-likeness (QED) is 0.746. The van der Waals surface area contributed by atoms with Crippen molar-refractivity contribution in [1.82, 2.24) is 9.62 Å². The maximum atomic E-state index is 13.0. The van der Waals surface area contributed by atoms with Gasteiger partial charge in [0.1, 0.15) is 6.04 Å². The molecular weight excluding hydrogens is 417 g/mol. The fraction of sp³-hybridized carbons (Fsp3) is 0.381. The van der Waals surface area contributed by atoms with Crippen LogP contribution in [0.2, 0.25) is 0 Å². The molecule has 1 aliphatic heterocycles. The van der Waals surface area contributed by atoms with Crippen molar-refractivity contribution in [2.24, 2.45) is 0 Å². The fourth-order valence-corrected chi connectivity index (χ4v) is 5.17. The van der Waals surface area contributed by atoms with Crippen molar-refractivity contribution < 1.29 is 26.4 Å². The van der Waals surface area contributed by atoms with Crippen LogP contribution in [0.1, 0.15) is 30.4 Å². The lowest BCUT2D eigenvalue weighted by Gasteiger charge is -2.33. The minimum atomic E-state index is -4.39. The van der Waals surface area contributed by atoms with Crippen LogP contribution in [0.4, 0.5) is 13.2 Å². The zero-order valence-electron chi connectivity index (χ0n) is 16.2. The highest BCUT2D eigenvalue weighted by atomic mass is 32.2. The average Bonchev–Trinajstić information content (AvgIpc) is 2.74. The predicted octanol–water partition coefficient (Wildman–Crippen LogP) is 3.61. The molecule has 0 radical (unpaired) electrons. The smallest absolute Gasteiger partial charge is 0.354 e. The van der Waals surface area contributed by atoms with E-state index < -0.39 is 27.8 Å². The highest BCUT2D eigenvalue weighted by Gasteiger charge is 2.37. The van der Waals surface area contributed by atoms with Gasteiger partial charge in [0.2, 0.25) is 15.9 Å². The van der Waals surface area contributed by atoms with Crippen LogP contribution in [-0.2, 0) is 27.4 Å². The number of hydrogen-bond acceptors (Lipinski definition) is 3. The second-order valence-corrected chi connectivity index (χ2v) is 9.07. The maximum Gasteiger partial charge on any atom is 0.416 e. The van der Waals surface area contributed by atoms with Crippen molar-refractivity contribution >= 4 is 15.9 Å². The highest BCUT2D eigenvalue weighted by molar-refractivity contribution is 7.89. The van der Waals surface area contributed by atoms with Gasteiger partial charge in [0.05, 0.1) is 10.5 Å². The Bertz CT molecular complexity index is 961. The third kappa shape index (κ3) is 5.20. The van der Waals surface area contributed by atoms with Crippen molar-refractivity contribution in [1.29, 1.82) is 0 Å². The van der Waals surface area contributed by atoms with E-state index in [1.54, 1.807) is 18.2 Å². The van der Waals surface area contributed by atoms with E-state index in [0.29, 0.717) is 24.8 Å². The van der Waals surface area contributed by atoms with Gasteiger partial charge in [-0.15, -0.1) is 0 Å². The molecule has 0 aliphatic carbocycles. The number of rotatable bonds is 6. The summed E-state index contributed by atoms with van der Waals surface area (Å²) in [6.45, 7) is 0.480. The summed E-state index contributed by atoms with van der Waals surface area (Å²) in [6, 6.07) is 12.0. The van der Waals surface area contributed by atoms with Crippen LogP contribution in [0.25, 0.3) is 0 Å². The number of amides is 1. The van der Waals surface area contributed by atoms with Gasteiger partial charge in [0.25, 0.3) is 0 Å². The number of halogens is 3. The van der Waals surface area contributed by atoms with Gasteiger partial charge in [-0.25, -0.2) is 8.42 Å². The predicted molar refractivity (Wildman–Crippen MR) is 106 cm³/mol. The minimum Gasteiger partial charge on any atom is -0.354 e. The Labute approximate surface area is 173 Å². The zero-order chi connectivity index (χ0) is 21.8. The second-order valence-electron chi connectivity index (χ2n) is 7.18. The topological polar surface area (TPSA) is 66.5 Å². The van der Waals surface area contributed by atoms with Crippen molar-refractivity contribution in [3.8, 4) is 0 Å². The molecule has 0 aromatic heterocycles. The normalized spacial score (nSPS) is 18.2. The van der Waals surface area contributed by atoms with Gasteiger partial charge in [-0.2, -0.15) is 17.5 Å². The van der Waals surface area contributed by atoms with Crippen molar-refractivity contribution in [3.63, 3.8) is 0 Å². The van der Waals surface area contributed by atoms with Gasteiger partial charge in [-0.3, -0.25) is 4.79 Å². The Hall–Kier alpha value is -2.39. The molecule has 0 saturated carbocycles. The van der Waals surface area contributed by atoms with Crippen LogP contribution < -0.4 is 5.32 Å². The molecule has 1 saturated heterocycles. The summed E-state index contributed by atoms with van der Waals surface area (Å²) < 4.78 is 65.1. The Morgan fingerprint density at radius 1 is 1.03 bits per heavy atom. The molecule has 30 heavy (non-hydrogen) atoms. The van der Waals surface area contributed by atoms with Gasteiger partial charge >= 0.3 is 6.18 Å². The molecule has 1 aliphatic rings. The van der Waals surface area contributed by atoms with E-state index in [-0.39, 0.29) is 23.9 Å². The molecular formula is C21H23F3N2O3S. The summed E-state index contributed by atoms with van der Waals surface area (Å²) in [5, 5.41) is 2.73. The molecule has 2 aromatic rings. The van der Waals surface area contributed by atoms with E-state index in [1.165, 1.54) is 28.6 Å². The van der Waals surface area contributed by atoms with Crippen LogP contribution in [0, 0.1) is 0 Å². The molecule has 1 unspecified atom stereocenters. The number of nitrogens with one attached hydrogen (secondary N) is 1. The first-order chi connectivity index (χ1) is 14.2. The summed E-state index contributed by atoms with van der Waals surface area (Å²) >= 11 is 0. The number of alkyl halides is 3. The number of hydrogen-bond donors (Lipinski definition) is 1. The molecule has 5 nitrogen and oxygen atoms in total. The number of sulfonamides is 1. The van der Waals surface area contributed by atoms with E-state index in [1.807, 2.05) is 0 Å². The van der Waals surface area contributed by atoms with Gasteiger partial charge in [0, 0.05) is 13.1 Å². The van der Waals surface area contributed by atoms with E-state index in [4.69, 9.17) is 0 Å². The molecule has 0 bridgehead atoms. The summed E-state index contributed by atoms with van der Waals surface area (Å²) in [5.74, 6) is -0.388. The van der Waals surface area contributed by atoms with E-state index >= 15 is 0 Å². The van der Waals surface area contributed by atoms with Crippen LogP contribution in [0.15, 0.2) is 59.5 Å². The van der Waals surface area contributed by atoms with Crippen LogP contribution >= 0.6 is 0 Å². The average molecular weight is 440 g/mol. The molecule has 3 rings (SSSR count). The lowest BCUT2D eigenvalue weighted by molar-refractivity contribution is -0.137. The van der Waals surface area contributed by atoms with Gasteiger partial charge in [0.15, 0.2) is 0 Å². The van der Waals surface area contributed by atoms with Crippen LogP contribution in [0.3, 0.4) is 0 Å². The Morgan fingerprint density at radius 2 is 1.70 bits per heavy atom. The summed E-state index contributed by atoms with van der Waals surface area (Å²) in [7, 11) is -3.79. The van der Waals surface area contributed by atoms with E-state index in [2.05, 4.69) is 5.32 Å². The van der Waals surface area contributed by atoms with Crippen molar-refractivity contribution in [2.75, 3.05) is 13.1 Å². The molecule has 0 spiro atoms. The van der Waals surface area contributed by atoms with Crippen LogP contribution in [0.5, 0.6) is 0 Å². The zero-order valence-corrected chi connectivity index (χ0v) is 17.0. The van der Waals surface area contributed by atoms with E-state index in [9.17, 15) is 26.4 Å². The highest BCUT2D eigenvalue weighted by Crippen LogP contribution is 2.29. The summed E-state index contributed by atoms with van der Waals surface area (Å²) in [5.41, 5.74) is -0.0695. The third-order valence-electron chi connectivity index (χ3n) is 5.10. The second kappa shape index (κ2) is 9.18. The summed E-state index contributed by atoms with van der Waals surface area (Å²) in [6.07, 6.45) is -2.18. The largest absolute Gasteiger partial charge is 0.416 e. The standard InChI is InChI=1S/C21H23F3N2O3S/c22-21(23,24)17-11-9-16(10-12-17)13-14-25-20(27)19-8-4-5-15-26(19)30(28,29)18-6-2-1-3-7-18/h1-3,6-7,9-12,19H,4-5,8,13-15H2,(H,25,27). The first kappa shape index (κ1) is 22.3. The van der Waals surface area contributed by atoms with E-state index in [0.717, 1.165) is 18.6 Å². The van der Waals surface area contributed by atoms with Crippen molar-refractivity contribution in [2.45, 2.75) is 42.8 Å². The summed E-state index contributed by atoms with van der Waals surface area (Å²) in [4.78, 5) is 12.8. The number of nitrogens with zero attached hydrogens (tertiary/aromatic N) is 1. The molecule has 2 aromatic carbocycles. The van der Waals surface area contributed by atoms with Gasteiger partial charge in [-0.1, -0.05) is 36.8 Å². The molecule has 1 amide bonds. The number of benzene rings is 2. The fourth-order valence-electron chi connectivity index (χ4n) is 3.49. The molecule has 9 heteroatoms.